The van der Waals surface area contributed by atoms with Gasteiger partial charge in [0, 0.05) is 9.86 Å². The van der Waals surface area contributed by atoms with Crippen LogP contribution in [-0.4, -0.2) is 10.2 Å². The van der Waals surface area contributed by atoms with E-state index in [-0.39, 0.29) is 0 Å². The fraction of sp³-hybridized carbons (Fsp3) is 0.111. The van der Waals surface area contributed by atoms with E-state index in [9.17, 15) is 0 Å². The van der Waals surface area contributed by atoms with E-state index in [2.05, 4.69) is 32.2 Å². The summed E-state index contributed by atoms with van der Waals surface area (Å²) in [6.07, 6.45) is 1.77. The number of hydrogen-bond donors (Lipinski definition) is 0. The zero-order chi connectivity index (χ0) is 8.55. The lowest BCUT2D eigenvalue weighted by molar-refractivity contribution is 1.06. The normalized spacial score (nSPS) is 10.5. The van der Waals surface area contributed by atoms with Crippen molar-refractivity contribution >= 4 is 26.8 Å². The maximum absolute atomic E-state index is 4.01. The maximum atomic E-state index is 4.01. The molecule has 0 saturated carbocycles. The third-order valence-electron chi connectivity index (χ3n) is 1.80. The van der Waals surface area contributed by atoms with E-state index in [1.54, 1.807) is 6.20 Å². The van der Waals surface area contributed by atoms with Gasteiger partial charge >= 0.3 is 0 Å². The summed E-state index contributed by atoms with van der Waals surface area (Å²) in [5.74, 6) is 0. The summed E-state index contributed by atoms with van der Waals surface area (Å²) >= 11 is 3.42. The standard InChI is InChI=1S/C9H7BrN2/c1-6-5-11-12-9-3-2-7(10)4-8(6)9/h2-5H,1H3. The molecule has 1 aromatic carbocycles. The molecule has 0 amide bonds. The highest BCUT2D eigenvalue weighted by Gasteiger charge is 1.98. The summed E-state index contributed by atoms with van der Waals surface area (Å²) in [6.45, 7) is 2.03. The second-order valence-electron chi connectivity index (χ2n) is 2.69. The highest BCUT2D eigenvalue weighted by Crippen LogP contribution is 2.19. The second kappa shape index (κ2) is 2.83. The number of hydrogen-bond acceptors (Lipinski definition) is 2. The first-order chi connectivity index (χ1) is 5.77. The lowest BCUT2D eigenvalue weighted by Gasteiger charge is -1.99. The van der Waals surface area contributed by atoms with Crippen LogP contribution in [0.25, 0.3) is 10.9 Å². The molecule has 0 fully saturated rings. The lowest BCUT2D eigenvalue weighted by Crippen LogP contribution is -1.85. The molecule has 60 valence electrons. The first-order valence-corrected chi connectivity index (χ1v) is 4.44. The Morgan fingerprint density at radius 3 is 3.00 bits per heavy atom. The number of nitrogens with zero attached hydrogens (tertiary/aromatic N) is 2. The molecule has 0 atom stereocenters. The second-order valence-corrected chi connectivity index (χ2v) is 3.60. The Morgan fingerprint density at radius 1 is 1.33 bits per heavy atom. The van der Waals surface area contributed by atoms with Crippen molar-refractivity contribution in [1.82, 2.24) is 10.2 Å². The molecule has 1 aromatic heterocycles. The van der Waals surface area contributed by atoms with Crippen LogP contribution in [0.1, 0.15) is 5.56 Å². The van der Waals surface area contributed by atoms with Gasteiger partial charge in [-0.15, -0.1) is 0 Å². The quantitative estimate of drug-likeness (QED) is 0.686. The molecule has 0 aliphatic rings. The van der Waals surface area contributed by atoms with Crippen molar-refractivity contribution in [3.63, 3.8) is 0 Å². The number of rotatable bonds is 0. The van der Waals surface area contributed by atoms with Crippen molar-refractivity contribution in [1.29, 1.82) is 0 Å². The van der Waals surface area contributed by atoms with E-state index in [1.165, 1.54) is 0 Å². The van der Waals surface area contributed by atoms with Crippen LogP contribution in [0.5, 0.6) is 0 Å². The van der Waals surface area contributed by atoms with Gasteiger partial charge in [-0.25, -0.2) is 0 Å². The fourth-order valence-corrected chi connectivity index (χ4v) is 1.52. The lowest BCUT2D eigenvalue weighted by atomic mass is 10.1. The van der Waals surface area contributed by atoms with E-state index in [0.29, 0.717) is 0 Å². The number of aromatic nitrogens is 2. The largest absolute Gasteiger partial charge is 0.158 e. The summed E-state index contributed by atoms with van der Waals surface area (Å²) < 4.78 is 1.08. The summed E-state index contributed by atoms with van der Waals surface area (Å²) in [5.41, 5.74) is 2.10. The zero-order valence-corrected chi connectivity index (χ0v) is 8.17. The molecule has 1 heterocycles. The van der Waals surface area contributed by atoms with Crippen LogP contribution in [0.4, 0.5) is 0 Å². The predicted octanol–water partition coefficient (Wildman–Crippen LogP) is 2.70. The van der Waals surface area contributed by atoms with Gasteiger partial charge in [0.15, 0.2) is 0 Å². The Bertz CT molecular complexity index is 426. The monoisotopic (exact) mass is 222 g/mol. The highest BCUT2D eigenvalue weighted by atomic mass is 79.9. The van der Waals surface area contributed by atoms with Crippen molar-refractivity contribution in [2.75, 3.05) is 0 Å². The van der Waals surface area contributed by atoms with E-state index >= 15 is 0 Å². The molecular weight excluding hydrogens is 216 g/mol. The van der Waals surface area contributed by atoms with Crippen LogP contribution >= 0.6 is 15.9 Å². The maximum Gasteiger partial charge on any atom is 0.0933 e. The Morgan fingerprint density at radius 2 is 2.17 bits per heavy atom. The van der Waals surface area contributed by atoms with Crippen LogP contribution < -0.4 is 0 Å². The van der Waals surface area contributed by atoms with Gasteiger partial charge in [0.05, 0.1) is 11.7 Å². The Hall–Kier alpha value is -0.960. The van der Waals surface area contributed by atoms with Gasteiger partial charge in [-0.05, 0) is 30.7 Å². The third kappa shape index (κ3) is 1.20. The Kier molecular flexibility index (Phi) is 1.81. The van der Waals surface area contributed by atoms with Crippen LogP contribution in [-0.2, 0) is 0 Å². The Labute approximate surface area is 78.8 Å². The minimum atomic E-state index is 0.943. The van der Waals surface area contributed by atoms with Crippen molar-refractivity contribution in [2.24, 2.45) is 0 Å². The molecule has 0 spiro atoms. The van der Waals surface area contributed by atoms with E-state index in [0.717, 1.165) is 20.9 Å². The molecule has 0 aliphatic carbocycles. The molecule has 3 heteroatoms. The molecule has 12 heavy (non-hydrogen) atoms. The van der Waals surface area contributed by atoms with Gasteiger partial charge in [0.25, 0.3) is 0 Å². The van der Waals surface area contributed by atoms with E-state index in [1.807, 2.05) is 19.1 Å². The number of halogens is 1. The van der Waals surface area contributed by atoms with Crippen LogP contribution in [0.2, 0.25) is 0 Å². The van der Waals surface area contributed by atoms with Gasteiger partial charge in [0.2, 0.25) is 0 Å². The topological polar surface area (TPSA) is 25.8 Å². The van der Waals surface area contributed by atoms with Crippen molar-refractivity contribution in [3.05, 3.63) is 34.4 Å². The summed E-state index contributed by atoms with van der Waals surface area (Å²) in [4.78, 5) is 0. The molecular formula is C9H7BrN2. The van der Waals surface area contributed by atoms with Gasteiger partial charge in [0.1, 0.15) is 0 Å². The van der Waals surface area contributed by atoms with Gasteiger partial charge in [-0.1, -0.05) is 15.9 Å². The molecule has 2 nitrogen and oxygen atoms in total. The Balaban J connectivity index is 2.88. The van der Waals surface area contributed by atoms with E-state index in [4.69, 9.17) is 0 Å². The molecule has 2 aromatic rings. The summed E-state index contributed by atoms with van der Waals surface area (Å²) in [6, 6.07) is 5.98. The van der Waals surface area contributed by atoms with Crippen LogP contribution in [0.15, 0.2) is 28.9 Å². The van der Waals surface area contributed by atoms with E-state index < -0.39 is 0 Å². The minimum absolute atomic E-state index is 0.943. The smallest absolute Gasteiger partial charge is 0.0933 e. The van der Waals surface area contributed by atoms with Gasteiger partial charge in [-0.2, -0.15) is 10.2 Å². The molecule has 0 saturated heterocycles. The highest BCUT2D eigenvalue weighted by molar-refractivity contribution is 9.10. The molecule has 0 aliphatic heterocycles. The zero-order valence-electron chi connectivity index (χ0n) is 6.58. The van der Waals surface area contributed by atoms with Crippen LogP contribution in [0, 0.1) is 6.92 Å². The number of fused-ring (bicyclic) bond motifs is 1. The molecule has 0 bridgehead atoms. The third-order valence-corrected chi connectivity index (χ3v) is 2.29. The SMILES string of the molecule is Cc1cnnc2ccc(Br)cc12. The van der Waals surface area contributed by atoms with Gasteiger partial charge in [-0.3, -0.25) is 0 Å². The van der Waals surface area contributed by atoms with Gasteiger partial charge < -0.3 is 0 Å². The molecule has 0 unspecified atom stereocenters. The number of benzene rings is 1. The van der Waals surface area contributed by atoms with Crippen molar-refractivity contribution < 1.29 is 0 Å². The van der Waals surface area contributed by atoms with Crippen molar-refractivity contribution in [2.45, 2.75) is 6.92 Å². The summed E-state index contributed by atoms with van der Waals surface area (Å²) in [5, 5.41) is 9.04. The van der Waals surface area contributed by atoms with Crippen LogP contribution in [0.3, 0.4) is 0 Å². The molecule has 0 N–H and O–H groups in total. The predicted molar refractivity (Wildman–Crippen MR) is 52.0 cm³/mol. The van der Waals surface area contributed by atoms with Crippen molar-refractivity contribution in [3.8, 4) is 0 Å². The average molecular weight is 223 g/mol. The first kappa shape index (κ1) is 7.68. The summed E-state index contributed by atoms with van der Waals surface area (Å²) in [7, 11) is 0. The fourth-order valence-electron chi connectivity index (χ4n) is 1.16. The number of aryl methyl sites for hydroxylation is 1. The average Bonchev–Trinajstić information content (AvgIpc) is 2.07. The molecule has 2 rings (SSSR count). The minimum Gasteiger partial charge on any atom is -0.158 e. The molecule has 0 radical (unpaired) electrons. The first-order valence-electron chi connectivity index (χ1n) is 3.65.